The van der Waals surface area contributed by atoms with E-state index in [1.165, 1.54) is 6.07 Å². The highest BCUT2D eigenvalue weighted by atomic mass is 19.1. The number of carboxylic acids is 1. The van der Waals surface area contributed by atoms with Gasteiger partial charge >= 0.3 is 5.97 Å². The fraction of sp³-hybridized carbons (Fsp3) is 0.269. The van der Waals surface area contributed by atoms with Gasteiger partial charge in [-0.2, -0.15) is 0 Å². The Balaban J connectivity index is 1.71. The number of nitrogens with one attached hydrogen (secondary N) is 2. The maximum absolute atomic E-state index is 13.8. The molecular formula is C26H25F2N3O6. The van der Waals surface area contributed by atoms with Gasteiger partial charge in [-0.25, -0.2) is 13.8 Å². The molecule has 0 spiro atoms. The summed E-state index contributed by atoms with van der Waals surface area (Å²) >= 11 is 0. The number of hydrogen-bond acceptors (Lipinski definition) is 6. The van der Waals surface area contributed by atoms with Gasteiger partial charge < -0.3 is 20.5 Å². The Morgan fingerprint density at radius 3 is 2.27 bits per heavy atom. The molecule has 2 atom stereocenters. The zero-order valence-corrected chi connectivity index (χ0v) is 20.0. The second-order valence-electron chi connectivity index (χ2n) is 8.55. The van der Waals surface area contributed by atoms with E-state index in [0.29, 0.717) is 5.52 Å². The summed E-state index contributed by atoms with van der Waals surface area (Å²) in [5.74, 6) is -7.13. The van der Waals surface area contributed by atoms with Gasteiger partial charge in [0.05, 0.1) is 11.9 Å². The smallest absolute Gasteiger partial charge is 0.305 e. The maximum atomic E-state index is 13.8. The minimum Gasteiger partial charge on any atom is -0.481 e. The number of halogens is 2. The number of amides is 2. The number of Topliss-reactive ketones (excluding diaryl/α,β-unsaturated/α-hetero) is 1. The van der Waals surface area contributed by atoms with Crippen LogP contribution in [0.15, 0.2) is 54.6 Å². The number of rotatable bonds is 11. The molecule has 3 N–H and O–H groups in total. The van der Waals surface area contributed by atoms with E-state index in [9.17, 15) is 33.1 Å². The van der Waals surface area contributed by atoms with Crippen LogP contribution >= 0.6 is 0 Å². The molecule has 0 saturated carbocycles. The molecule has 194 valence electrons. The number of carbonyl (C=O) groups is 4. The normalized spacial score (nSPS) is 12.6. The Labute approximate surface area is 210 Å². The van der Waals surface area contributed by atoms with Crippen LogP contribution in [0.3, 0.4) is 0 Å². The molecule has 0 saturated heterocycles. The van der Waals surface area contributed by atoms with E-state index in [1.807, 2.05) is 12.1 Å². The summed E-state index contributed by atoms with van der Waals surface area (Å²) < 4.78 is 32.5. The summed E-state index contributed by atoms with van der Waals surface area (Å²) in [4.78, 5) is 54.0. The largest absolute Gasteiger partial charge is 0.481 e. The third-order valence-corrected chi connectivity index (χ3v) is 5.43. The first-order valence-corrected chi connectivity index (χ1v) is 11.3. The lowest BCUT2D eigenvalue weighted by Crippen LogP contribution is -2.54. The minimum atomic E-state index is -1.57. The molecule has 2 unspecified atom stereocenters. The van der Waals surface area contributed by atoms with Crippen molar-refractivity contribution in [2.24, 2.45) is 5.92 Å². The van der Waals surface area contributed by atoms with Crippen molar-refractivity contribution in [3.8, 4) is 5.75 Å². The number of aliphatic carboxylic acids is 1. The van der Waals surface area contributed by atoms with Gasteiger partial charge in [0.2, 0.25) is 5.91 Å². The monoisotopic (exact) mass is 513 g/mol. The molecule has 3 rings (SSSR count). The van der Waals surface area contributed by atoms with E-state index >= 15 is 0 Å². The lowest BCUT2D eigenvalue weighted by molar-refractivity contribution is -0.140. The van der Waals surface area contributed by atoms with Gasteiger partial charge in [0.15, 0.2) is 23.2 Å². The Bertz CT molecular complexity index is 1310. The molecule has 1 aromatic heterocycles. The van der Waals surface area contributed by atoms with Crippen LogP contribution in [0.1, 0.15) is 30.8 Å². The second-order valence-corrected chi connectivity index (χ2v) is 8.55. The van der Waals surface area contributed by atoms with Gasteiger partial charge in [0.25, 0.3) is 5.91 Å². The van der Waals surface area contributed by atoms with Gasteiger partial charge in [0.1, 0.15) is 24.4 Å². The van der Waals surface area contributed by atoms with Crippen molar-refractivity contribution in [1.29, 1.82) is 0 Å². The molecular weight excluding hydrogens is 488 g/mol. The van der Waals surface area contributed by atoms with Crippen molar-refractivity contribution in [3.05, 3.63) is 71.9 Å². The Morgan fingerprint density at radius 2 is 1.62 bits per heavy atom. The first kappa shape index (κ1) is 27.2. The van der Waals surface area contributed by atoms with Gasteiger partial charge in [-0.15, -0.1) is 0 Å². The summed E-state index contributed by atoms with van der Waals surface area (Å²) in [5, 5.41) is 14.9. The zero-order chi connectivity index (χ0) is 27.1. The summed E-state index contributed by atoms with van der Waals surface area (Å²) in [6, 6.07) is 10.6. The third kappa shape index (κ3) is 7.06. The molecule has 11 heteroatoms. The fourth-order valence-corrected chi connectivity index (χ4v) is 3.49. The van der Waals surface area contributed by atoms with E-state index in [2.05, 4.69) is 15.6 Å². The average Bonchev–Trinajstić information content (AvgIpc) is 2.85. The molecule has 0 aliphatic rings. The SMILES string of the molecule is CC(C)C(NC(=O)c1ccc2ccccc2n1)C(=O)NC(CC(=O)O)C(=O)COc1c(F)cccc1F. The standard InChI is InChI=1S/C26H25F2N3O6/c1-14(2)23(31-25(35)19-11-10-15-6-3-4-9-18(15)29-19)26(36)30-20(12-22(33)34)21(32)13-37-24-16(27)7-5-8-17(24)28/h3-11,14,20,23H,12-13H2,1-2H3,(H,30,36)(H,31,35)(H,33,34). The Morgan fingerprint density at radius 1 is 0.946 bits per heavy atom. The molecule has 0 aliphatic heterocycles. The van der Waals surface area contributed by atoms with Crippen molar-refractivity contribution >= 4 is 34.5 Å². The van der Waals surface area contributed by atoms with Crippen molar-refractivity contribution in [2.45, 2.75) is 32.4 Å². The highest BCUT2D eigenvalue weighted by Crippen LogP contribution is 2.21. The van der Waals surface area contributed by atoms with Gasteiger partial charge in [0, 0.05) is 5.39 Å². The molecule has 0 fully saturated rings. The number of benzene rings is 2. The van der Waals surface area contributed by atoms with Crippen molar-refractivity contribution in [2.75, 3.05) is 6.61 Å². The molecule has 37 heavy (non-hydrogen) atoms. The van der Waals surface area contributed by atoms with Crippen LogP contribution in [-0.2, 0) is 14.4 Å². The van der Waals surface area contributed by atoms with E-state index in [-0.39, 0.29) is 5.69 Å². The van der Waals surface area contributed by atoms with Gasteiger partial charge in [-0.05, 0) is 30.2 Å². The van der Waals surface area contributed by atoms with E-state index < -0.39 is 72.0 Å². The van der Waals surface area contributed by atoms with Gasteiger partial charge in [-0.3, -0.25) is 19.2 Å². The lowest BCUT2D eigenvalue weighted by atomic mass is 10.0. The molecule has 1 heterocycles. The predicted molar refractivity (Wildman–Crippen MR) is 129 cm³/mol. The van der Waals surface area contributed by atoms with Gasteiger partial charge in [-0.1, -0.05) is 44.2 Å². The Hall–Kier alpha value is -4.41. The van der Waals surface area contributed by atoms with Crippen LogP contribution in [0.4, 0.5) is 8.78 Å². The molecule has 2 aromatic carbocycles. The van der Waals surface area contributed by atoms with Crippen molar-refractivity contribution in [3.63, 3.8) is 0 Å². The minimum absolute atomic E-state index is 0.0654. The first-order valence-electron chi connectivity index (χ1n) is 11.3. The quantitative estimate of drug-likeness (QED) is 0.359. The van der Waals surface area contributed by atoms with Crippen LogP contribution in [0, 0.1) is 17.6 Å². The fourth-order valence-electron chi connectivity index (χ4n) is 3.49. The van der Waals surface area contributed by atoms with E-state index in [0.717, 1.165) is 23.6 Å². The topological polar surface area (TPSA) is 135 Å². The van der Waals surface area contributed by atoms with Crippen molar-refractivity contribution in [1.82, 2.24) is 15.6 Å². The van der Waals surface area contributed by atoms with E-state index in [4.69, 9.17) is 4.74 Å². The number of carbonyl (C=O) groups excluding carboxylic acids is 3. The van der Waals surface area contributed by atoms with Crippen LogP contribution in [0.5, 0.6) is 5.75 Å². The van der Waals surface area contributed by atoms with Crippen molar-refractivity contribution < 1.29 is 37.8 Å². The summed E-state index contributed by atoms with van der Waals surface area (Å²) in [7, 11) is 0. The molecule has 0 bridgehead atoms. The lowest BCUT2D eigenvalue weighted by Gasteiger charge is -2.24. The molecule has 2 amide bonds. The van der Waals surface area contributed by atoms with Crippen LogP contribution in [0.25, 0.3) is 10.9 Å². The molecule has 0 aliphatic carbocycles. The number of fused-ring (bicyclic) bond motifs is 1. The molecule has 9 nitrogen and oxygen atoms in total. The second kappa shape index (κ2) is 12.0. The maximum Gasteiger partial charge on any atom is 0.305 e. The third-order valence-electron chi connectivity index (χ3n) is 5.43. The number of pyridine rings is 1. The summed E-state index contributed by atoms with van der Waals surface area (Å²) in [5.41, 5.74) is 0.648. The Kier molecular flexibility index (Phi) is 8.83. The zero-order valence-electron chi connectivity index (χ0n) is 20.0. The van der Waals surface area contributed by atoms with Crippen LogP contribution < -0.4 is 15.4 Å². The van der Waals surface area contributed by atoms with Crippen LogP contribution in [0.2, 0.25) is 0 Å². The molecule has 3 aromatic rings. The number of ketones is 1. The van der Waals surface area contributed by atoms with Crippen LogP contribution in [-0.4, -0.2) is 52.3 Å². The average molecular weight is 513 g/mol. The number of para-hydroxylation sites is 2. The molecule has 0 radical (unpaired) electrons. The predicted octanol–water partition coefficient (Wildman–Crippen LogP) is 2.88. The number of carboxylic acid groups (broad SMARTS) is 1. The summed E-state index contributed by atoms with van der Waals surface area (Å²) in [6.45, 7) is 2.41. The number of ether oxygens (including phenoxy) is 1. The summed E-state index contributed by atoms with van der Waals surface area (Å²) in [6.07, 6.45) is -0.807. The first-order chi connectivity index (χ1) is 17.6. The highest BCUT2D eigenvalue weighted by molar-refractivity contribution is 5.99. The number of aromatic nitrogens is 1. The number of hydrogen-bond donors (Lipinski definition) is 3. The number of nitrogens with zero attached hydrogens (tertiary/aromatic N) is 1. The highest BCUT2D eigenvalue weighted by Gasteiger charge is 2.31. The van der Waals surface area contributed by atoms with E-state index in [1.54, 1.807) is 32.0 Å².